The van der Waals surface area contributed by atoms with Crippen LogP contribution in [-0.2, 0) is 14.9 Å². The van der Waals surface area contributed by atoms with Crippen LogP contribution >= 0.6 is 0 Å². The monoisotopic (exact) mass is 274 g/mol. The van der Waals surface area contributed by atoms with Crippen molar-refractivity contribution in [2.24, 2.45) is 0 Å². The van der Waals surface area contributed by atoms with Gasteiger partial charge >= 0.3 is 5.97 Å². The molecule has 1 aromatic rings. The molecule has 0 bridgehead atoms. The average Bonchev–Trinajstić information content (AvgIpc) is 2.44. The summed E-state index contributed by atoms with van der Waals surface area (Å²) in [6.07, 6.45) is 2.55. The Bertz CT molecular complexity index is 471. The van der Waals surface area contributed by atoms with E-state index >= 15 is 0 Å². The van der Waals surface area contributed by atoms with E-state index in [1.54, 1.807) is 13.8 Å². The molecule has 0 radical (unpaired) electrons. The second-order valence-electron chi connectivity index (χ2n) is 4.86. The van der Waals surface area contributed by atoms with E-state index in [0.29, 0.717) is 31.6 Å². The van der Waals surface area contributed by atoms with Crippen LogP contribution in [0.3, 0.4) is 0 Å². The van der Waals surface area contributed by atoms with Crippen LogP contribution in [0.25, 0.3) is 0 Å². The Balaban J connectivity index is 3.21. The van der Waals surface area contributed by atoms with Crippen molar-refractivity contribution in [2.45, 2.75) is 38.5 Å². The fraction of sp³-hybridized carbons (Fsp3) is 0.438. The van der Waals surface area contributed by atoms with Crippen LogP contribution in [-0.4, -0.2) is 24.5 Å². The standard InChI is InChI=1S/C16H22N2O2/c1-3-20-15(19)16(11-12-17,10-9-13(2)18)14-7-5-4-6-8-14/h4-8,12,17-18H,3,9-11H2,1-2H3. The van der Waals surface area contributed by atoms with Gasteiger partial charge in [0.1, 0.15) is 0 Å². The summed E-state index contributed by atoms with van der Waals surface area (Å²) in [4.78, 5) is 12.5. The summed E-state index contributed by atoms with van der Waals surface area (Å²) < 4.78 is 5.23. The first kappa shape index (κ1) is 16.1. The lowest BCUT2D eigenvalue weighted by Gasteiger charge is -2.30. The Morgan fingerprint density at radius 2 is 2.00 bits per heavy atom. The normalized spacial score (nSPS) is 13.3. The van der Waals surface area contributed by atoms with E-state index in [0.717, 1.165) is 5.56 Å². The van der Waals surface area contributed by atoms with Crippen molar-refractivity contribution < 1.29 is 9.53 Å². The second-order valence-corrected chi connectivity index (χ2v) is 4.86. The zero-order valence-electron chi connectivity index (χ0n) is 12.1. The number of ether oxygens (including phenoxy) is 1. The molecule has 2 N–H and O–H groups in total. The van der Waals surface area contributed by atoms with E-state index in [1.165, 1.54) is 6.21 Å². The quantitative estimate of drug-likeness (QED) is 0.563. The molecule has 0 aliphatic carbocycles. The molecular weight excluding hydrogens is 252 g/mol. The molecule has 0 aliphatic heterocycles. The molecule has 0 amide bonds. The summed E-state index contributed by atoms with van der Waals surface area (Å²) in [5.74, 6) is -0.309. The third-order valence-electron chi connectivity index (χ3n) is 3.37. The van der Waals surface area contributed by atoms with Gasteiger partial charge < -0.3 is 15.6 Å². The Hall–Kier alpha value is -1.97. The van der Waals surface area contributed by atoms with E-state index in [1.807, 2.05) is 30.3 Å². The van der Waals surface area contributed by atoms with Gasteiger partial charge in [0.05, 0.1) is 12.0 Å². The van der Waals surface area contributed by atoms with Crippen LogP contribution in [0.4, 0.5) is 0 Å². The molecule has 0 aliphatic rings. The summed E-state index contributed by atoms with van der Waals surface area (Å²) in [5.41, 5.74) is 0.518. The van der Waals surface area contributed by atoms with Crippen LogP contribution in [0.5, 0.6) is 0 Å². The smallest absolute Gasteiger partial charge is 0.316 e. The van der Waals surface area contributed by atoms with Gasteiger partial charge in [0.2, 0.25) is 0 Å². The number of benzene rings is 1. The van der Waals surface area contributed by atoms with Gasteiger partial charge in [-0.1, -0.05) is 30.3 Å². The van der Waals surface area contributed by atoms with Gasteiger partial charge in [-0.15, -0.1) is 0 Å². The van der Waals surface area contributed by atoms with Crippen molar-refractivity contribution >= 4 is 17.9 Å². The zero-order chi connectivity index (χ0) is 15.0. The molecule has 4 heteroatoms. The van der Waals surface area contributed by atoms with Gasteiger partial charge in [0, 0.05) is 12.1 Å². The molecule has 0 saturated heterocycles. The molecular formula is C16H22N2O2. The molecule has 1 rings (SSSR count). The summed E-state index contributed by atoms with van der Waals surface area (Å²) >= 11 is 0. The number of esters is 1. The van der Waals surface area contributed by atoms with Crippen molar-refractivity contribution in [3.8, 4) is 0 Å². The second kappa shape index (κ2) is 7.58. The van der Waals surface area contributed by atoms with Crippen molar-refractivity contribution in [3.63, 3.8) is 0 Å². The fourth-order valence-corrected chi connectivity index (χ4v) is 2.27. The summed E-state index contributed by atoms with van der Waals surface area (Å²) in [6.45, 7) is 3.82. The molecule has 0 aromatic heterocycles. The first-order valence-corrected chi connectivity index (χ1v) is 6.82. The van der Waals surface area contributed by atoms with Gasteiger partial charge in [-0.25, -0.2) is 0 Å². The highest BCUT2D eigenvalue weighted by Gasteiger charge is 2.40. The molecule has 0 heterocycles. The topological polar surface area (TPSA) is 74.0 Å². The molecule has 1 atom stereocenters. The highest BCUT2D eigenvalue weighted by atomic mass is 16.5. The number of carbonyl (C=O) groups excluding carboxylic acids is 1. The van der Waals surface area contributed by atoms with Gasteiger partial charge in [0.15, 0.2) is 0 Å². The summed E-state index contributed by atoms with van der Waals surface area (Å²) in [7, 11) is 0. The van der Waals surface area contributed by atoms with Crippen LogP contribution in [0.2, 0.25) is 0 Å². The van der Waals surface area contributed by atoms with Gasteiger partial charge in [-0.2, -0.15) is 0 Å². The minimum atomic E-state index is -0.860. The maximum absolute atomic E-state index is 12.5. The minimum absolute atomic E-state index is 0.295. The lowest BCUT2D eigenvalue weighted by Crippen LogP contribution is -2.38. The molecule has 1 aromatic carbocycles. The molecule has 0 spiro atoms. The van der Waals surface area contributed by atoms with Gasteiger partial charge in [-0.05, 0) is 38.5 Å². The van der Waals surface area contributed by atoms with E-state index < -0.39 is 5.41 Å². The van der Waals surface area contributed by atoms with Gasteiger partial charge in [-0.3, -0.25) is 4.79 Å². The number of carbonyl (C=O) groups is 1. The fourth-order valence-electron chi connectivity index (χ4n) is 2.27. The maximum atomic E-state index is 12.5. The van der Waals surface area contributed by atoms with Crippen molar-refractivity contribution in [1.82, 2.24) is 0 Å². The predicted molar refractivity (Wildman–Crippen MR) is 80.8 cm³/mol. The third kappa shape index (κ3) is 3.76. The summed E-state index contributed by atoms with van der Waals surface area (Å²) in [5, 5.41) is 15.0. The highest BCUT2D eigenvalue weighted by molar-refractivity contribution is 5.88. The SMILES string of the molecule is CCOC(=O)C(CC=N)(CCC(C)=N)c1ccccc1. The van der Waals surface area contributed by atoms with E-state index in [2.05, 4.69) is 0 Å². The Morgan fingerprint density at radius 1 is 1.35 bits per heavy atom. The van der Waals surface area contributed by atoms with Crippen LogP contribution in [0, 0.1) is 10.8 Å². The Morgan fingerprint density at radius 3 is 2.50 bits per heavy atom. The first-order chi connectivity index (χ1) is 9.56. The largest absolute Gasteiger partial charge is 0.465 e. The van der Waals surface area contributed by atoms with E-state index in [9.17, 15) is 4.79 Å². The number of hydrogen-bond donors (Lipinski definition) is 2. The molecule has 0 saturated carbocycles. The molecule has 20 heavy (non-hydrogen) atoms. The Kier molecular flexibility index (Phi) is 6.10. The van der Waals surface area contributed by atoms with Crippen LogP contribution < -0.4 is 0 Å². The predicted octanol–water partition coefficient (Wildman–Crippen LogP) is 3.35. The van der Waals surface area contributed by atoms with Crippen molar-refractivity contribution in [1.29, 1.82) is 10.8 Å². The van der Waals surface area contributed by atoms with Crippen LogP contribution in [0.15, 0.2) is 30.3 Å². The van der Waals surface area contributed by atoms with E-state index in [-0.39, 0.29) is 5.97 Å². The average molecular weight is 274 g/mol. The molecule has 1 unspecified atom stereocenters. The van der Waals surface area contributed by atoms with Crippen LogP contribution in [0.1, 0.15) is 38.7 Å². The molecule has 4 nitrogen and oxygen atoms in total. The first-order valence-electron chi connectivity index (χ1n) is 6.82. The number of nitrogens with one attached hydrogen (secondary N) is 2. The lowest BCUT2D eigenvalue weighted by molar-refractivity contribution is -0.150. The lowest BCUT2D eigenvalue weighted by atomic mass is 9.74. The minimum Gasteiger partial charge on any atom is -0.465 e. The third-order valence-corrected chi connectivity index (χ3v) is 3.37. The summed E-state index contributed by atoms with van der Waals surface area (Å²) in [6, 6.07) is 9.43. The van der Waals surface area contributed by atoms with Crippen molar-refractivity contribution in [2.75, 3.05) is 6.61 Å². The van der Waals surface area contributed by atoms with Crippen molar-refractivity contribution in [3.05, 3.63) is 35.9 Å². The van der Waals surface area contributed by atoms with E-state index in [4.69, 9.17) is 15.6 Å². The van der Waals surface area contributed by atoms with Gasteiger partial charge in [0.25, 0.3) is 0 Å². The number of hydrogen-bond acceptors (Lipinski definition) is 4. The highest BCUT2D eigenvalue weighted by Crippen LogP contribution is 2.34. The maximum Gasteiger partial charge on any atom is 0.316 e. The molecule has 0 fully saturated rings. The number of rotatable bonds is 8. The zero-order valence-corrected chi connectivity index (χ0v) is 12.1. The Labute approximate surface area is 120 Å². The molecule has 108 valence electrons.